The first-order chi connectivity index (χ1) is 12.0. The number of amides is 1. The summed E-state index contributed by atoms with van der Waals surface area (Å²) in [4.78, 5) is 14.6. The van der Waals surface area contributed by atoms with Crippen LogP contribution >= 0.6 is 11.3 Å². The molecule has 25 heavy (non-hydrogen) atoms. The van der Waals surface area contributed by atoms with E-state index in [9.17, 15) is 13.2 Å². The quantitative estimate of drug-likeness (QED) is 0.835. The molecule has 1 saturated heterocycles. The van der Waals surface area contributed by atoms with Crippen LogP contribution in [-0.2, 0) is 16.6 Å². The Kier molecular flexibility index (Phi) is 5.41. The molecular weight excluding hydrogens is 360 g/mol. The second-order valence-electron chi connectivity index (χ2n) is 5.75. The van der Waals surface area contributed by atoms with Gasteiger partial charge in [-0.2, -0.15) is 0 Å². The van der Waals surface area contributed by atoms with Crippen LogP contribution in [0.15, 0.2) is 40.6 Å². The molecule has 0 spiro atoms. The molecule has 0 atom stereocenters. The highest BCUT2D eigenvalue weighted by molar-refractivity contribution is 7.91. The molecular formula is C17H20N2O4S2. The zero-order valence-electron chi connectivity index (χ0n) is 13.9. The number of benzene rings is 1. The van der Waals surface area contributed by atoms with Gasteiger partial charge in [-0.3, -0.25) is 4.79 Å². The summed E-state index contributed by atoms with van der Waals surface area (Å²) in [5.74, 6) is 0.537. The number of ether oxygens (including phenoxy) is 1. The minimum Gasteiger partial charge on any atom is -0.496 e. The van der Waals surface area contributed by atoms with Gasteiger partial charge in [0.1, 0.15) is 9.96 Å². The van der Waals surface area contributed by atoms with Gasteiger partial charge in [-0.25, -0.2) is 13.1 Å². The van der Waals surface area contributed by atoms with E-state index in [-0.39, 0.29) is 16.7 Å². The van der Waals surface area contributed by atoms with E-state index >= 15 is 0 Å². The number of methoxy groups -OCH3 is 1. The van der Waals surface area contributed by atoms with Crippen LogP contribution in [0.3, 0.4) is 0 Å². The molecule has 0 saturated carbocycles. The van der Waals surface area contributed by atoms with Crippen LogP contribution < -0.4 is 9.46 Å². The number of sulfonamides is 1. The monoisotopic (exact) mass is 380 g/mol. The van der Waals surface area contributed by atoms with Gasteiger partial charge in [0.25, 0.3) is 5.91 Å². The van der Waals surface area contributed by atoms with Gasteiger partial charge in [0.05, 0.1) is 12.0 Å². The lowest BCUT2D eigenvalue weighted by Gasteiger charge is -2.13. The van der Waals surface area contributed by atoms with Crippen molar-refractivity contribution in [3.05, 3.63) is 46.8 Å². The third kappa shape index (κ3) is 4.02. The van der Waals surface area contributed by atoms with Crippen molar-refractivity contribution >= 4 is 27.3 Å². The van der Waals surface area contributed by atoms with E-state index in [1.807, 2.05) is 12.1 Å². The fourth-order valence-corrected chi connectivity index (χ4v) is 5.07. The molecule has 134 valence electrons. The Hall–Kier alpha value is -1.90. The first kappa shape index (κ1) is 17.9. The molecule has 0 aliphatic carbocycles. The van der Waals surface area contributed by atoms with Crippen molar-refractivity contribution in [3.8, 4) is 5.75 Å². The summed E-state index contributed by atoms with van der Waals surface area (Å²) in [5.41, 5.74) is 0.749. The van der Waals surface area contributed by atoms with Gasteiger partial charge in [-0.05, 0) is 31.0 Å². The van der Waals surface area contributed by atoms with Gasteiger partial charge >= 0.3 is 0 Å². The van der Waals surface area contributed by atoms with Crippen molar-refractivity contribution in [1.82, 2.24) is 9.62 Å². The van der Waals surface area contributed by atoms with Crippen LogP contribution in [-0.4, -0.2) is 39.4 Å². The van der Waals surface area contributed by atoms with E-state index in [1.165, 1.54) is 6.07 Å². The summed E-state index contributed by atoms with van der Waals surface area (Å²) in [6.45, 7) is 1.61. The summed E-state index contributed by atoms with van der Waals surface area (Å²) >= 11 is 1.01. The van der Waals surface area contributed by atoms with Crippen LogP contribution in [0.5, 0.6) is 5.75 Å². The van der Waals surface area contributed by atoms with Crippen molar-refractivity contribution in [3.63, 3.8) is 0 Å². The van der Waals surface area contributed by atoms with E-state index in [1.54, 1.807) is 30.2 Å². The Morgan fingerprint density at radius 3 is 2.64 bits per heavy atom. The minimum absolute atomic E-state index is 0.0892. The van der Waals surface area contributed by atoms with Gasteiger partial charge in [-0.1, -0.05) is 18.2 Å². The maximum absolute atomic E-state index is 12.5. The number of hydrogen-bond acceptors (Lipinski definition) is 5. The summed E-state index contributed by atoms with van der Waals surface area (Å²) in [6, 6.07) is 10.3. The molecule has 2 heterocycles. The first-order valence-electron chi connectivity index (χ1n) is 8.02. The molecule has 1 N–H and O–H groups in total. The number of carbonyl (C=O) groups excluding carboxylic acids is 1. The Labute approximate surface area is 151 Å². The number of nitrogens with zero attached hydrogens (tertiary/aromatic N) is 1. The lowest BCUT2D eigenvalue weighted by atomic mass is 10.2. The molecule has 1 fully saturated rings. The molecule has 1 aromatic carbocycles. The van der Waals surface area contributed by atoms with Crippen molar-refractivity contribution in [2.24, 2.45) is 0 Å². The highest BCUT2D eigenvalue weighted by Gasteiger charge is 2.24. The van der Waals surface area contributed by atoms with Crippen LogP contribution in [0.1, 0.15) is 28.1 Å². The van der Waals surface area contributed by atoms with Crippen molar-refractivity contribution in [2.45, 2.75) is 23.6 Å². The Balaban J connectivity index is 1.71. The molecule has 3 rings (SSSR count). The molecule has 1 aromatic heterocycles. The normalized spacial score (nSPS) is 14.7. The lowest BCUT2D eigenvalue weighted by molar-refractivity contribution is 0.0797. The van der Waals surface area contributed by atoms with Crippen molar-refractivity contribution in [1.29, 1.82) is 0 Å². The fraction of sp³-hybridized carbons (Fsp3) is 0.353. The topological polar surface area (TPSA) is 75.7 Å². The van der Waals surface area contributed by atoms with E-state index < -0.39 is 10.0 Å². The fourth-order valence-electron chi connectivity index (χ4n) is 2.75. The summed E-state index contributed by atoms with van der Waals surface area (Å²) in [5, 5.41) is 0. The van der Waals surface area contributed by atoms with Gasteiger partial charge in [0.2, 0.25) is 10.0 Å². The molecule has 1 amide bonds. The minimum atomic E-state index is -3.68. The number of rotatable bonds is 6. The largest absolute Gasteiger partial charge is 0.496 e. The molecule has 1 aliphatic rings. The van der Waals surface area contributed by atoms with Gasteiger partial charge < -0.3 is 9.64 Å². The van der Waals surface area contributed by atoms with Crippen LogP contribution in [0.25, 0.3) is 0 Å². The Bertz CT molecular complexity index is 855. The van der Waals surface area contributed by atoms with Gasteiger partial charge in [-0.15, -0.1) is 11.3 Å². The first-order valence-corrected chi connectivity index (χ1v) is 10.3. The van der Waals surface area contributed by atoms with Crippen LogP contribution in [0, 0.1) is 0 Å². The number of nitrogens with one attached hydrogen (secondary N) is 1. The average molecular weight is 380 g/mol. The highest BCUT2D eigenvalue weighted by Crippen LogP contribution is 2.25. The maximum Gasteiger partial charge on any atom is 0.263 e. The summed E-state index contributed by atoms with van der Waals surface area (Å²) in [6.07, 6.45) is 2.01. The van der Waals surface area contributed by atoms with Gasteiger partial charge in [0.15, 0.2) is 0 Å². The maximum atomic E-state index is 12.5. The highest BCUT2D eigenvalue weighted by atomic mass is 32.2. The van der Waals surface area contributed by atoms with Crippen molar-refractivity contribution < 1.29 is 17.9 Å². The molecule has 8 heteroatoms. The predicted octanol–water partition coefficient (Wildman–Crippen LogP) is 2.47. The Morgan fingerprint density at radius 2 is 1.92 bits per heavy atom. The molecule has 0 unspecified atom stereocenters. The zero-order valence-corrected chi connectivity index (χ0v) is 15.5. The average Bonchev–Trinajstić information content (AvgIpc) is 3.31. The number of hydrogen-bond donors (Lipinski definition) is 1. The third-order valence-corrected chi connectivity index (χ3v) is 7.06. The van der Waals surface area contributed by atoms with Gasteiger partial charge in [0, 0.05) is 25.2 Å². The lowest BCUT2D eigenvalue weighted by Crippen LogP contribution is -2.26. The smallest absolute Gasteiger partial charge is 0.263 e. The third-order valence-electron chi connectivity index (χ3n) is 4.10. The SMILES string of the molecule is COc1ccccc1CNS(=O)(=O)c1ccc(C(=O)N2CCCC2)s1. The number of likely N-dealkylation sites (tertiary alicyclic amines) is 1. The summed E-state index contributed by atoms with van der Waals surface area (Å²) in [7, 11) is -2.13. The zero-order chi connectivity index (χ0) is 17.9. The molecule has 1 aliphatic heterocycles. The van der Waals surface area contributed by atoms with Crippen LogP contribution in [0.4, 0.5) is 0 Å². The standard InChI is InChI=1S/C17H20N2O4S2/c1-23-14-7-3-2-6-13(14)12-18-25(21,22)16-9-8-15(24-16)17(20)19-10-4-5-11-19/h2-3,6-9,18H,4-5,10-12H2,1H3. The number of carbonyl (C=O) groups is 1. The summed E-state index contributed by atoms with van der Waals surface area (Å²) < 4.78 is 32.9. The number of para-hydroxylation sites is 1. The second kappa shape index (κ2) is 7.55. The van der Waals surface area contributed by atoms with E-state index in [0.717, 1.165) is 42.8 Å². The van der Waals surface area contributed by atoms with Crippen molar-refractivity contribution in [2.75, 3.05) is 20.2 Å². The number of thiophene rings is 1. The van der Waals surface area contributed by atoms with E-state index in [2.05, 4.69) is 4.72 Å². The molecule has 6 nitrogen and oxygen atoms in total. The predicted molar refractivity (Wildman–Crippen MR) is 96.5 cm³/mol. The molecule has 0 bridgehead atoms. The Morgan fingerprint density at radius 1 is 1.20 bits per heavy atom. The van der Waals surface area contributed by atoms with Crippen LogP contribution in [0.2, 0.25) is 0 Å². The second-order valence-corrected chi connectivity index (χ2v) is 8.83. The van der Waals surface area contributed by atoms with E-state index in [0.29, 0.717) is 10.6 Å². The molecule has 2 aromatic rings. The van der Waals surface area contributed by atoms with E-state index in [4.69, 9.17) is 4.74 Å². The molecule has 0 radical (unpaired) electrons.